The maximum atomic E-state index is 9.19. The highest BCUT2D eigenvalue weighted by molar-refractivity contribution is 6.30. The predicted octanol–water partition coefficient (Wildman–Crippen LogP) is 2.74. The van der Waals surface area contributed by atoms with Crippen LogP contribution in [0, 0.1) is 0 Å². The third kappa shape index (κ3) is 4.46. The molecule has 0 amide bonds. The van der Waals surface area contributed by atoms with E-state index in [1.54, 1.807) is 6.20 Å². The van der Waals surface area contributed by atoms with Crippen molar-refractivity contribution in [1.29, 1.82) is 0 Å². The summed E-state index contributed by atoms with van der Waals surface area (Å²) in [5, 5.41) is 9.80. The van der Waals surface area contributed by atoms with Crippen molar-refractivity contribution in [3.8, 4) is 5.75 Å². The molecule has 29 heavy (non-hydrogen) atoms. The summed E-state index contributed by atoms with van der Waals surface area (Å²) >= 11 is 5.99. The molecule has 1 aromatic carbocycles. The largest absolute Gasteiger partial charge is 0.450 e. The number of pyridine rings is 1. The standard InChI is InChI=1S/C21H24ClN5O2/c1-25-15-26(10-5-11-28)14-19-20(25)24-21(29-18-6-3-2-4-7-18)27(19)13-17-9-8-16(22)12-23-17/h2-4,6-9,12,14,21,28H,5,10-11,13,15H2,1H3. The molecule has 7 nitrogen and oxygen atoms in total. The van der Waals surface area contributed by atoms with E-state index in [0.717, 1.165) is 29.5 Å². The molecule has 0 fully saturated rings. The zero-order valence-corrected chi connectivity index (χ0v) is 17.0. The minimum absolute atomic E-state index is 0.169. The molecule has 0 saturated carbocycles. The zero-order valence-electron chi connectivity index (χ0n) is 16.3. The molecule has 0 saturated heterocycles. The summed E-state index contributed by atoms with van der Waals surface area (Å²) in [7, 11) is 2.02. The molecule has 152 valence electrons. The lowest BCUT2D eigenvalue weighted by Crippen LogP contribution is -2.44. The number of hydrogen-bond acceptors (Lipinski definition) is 7. The highest BCUT2D eigenvalue weighted by Gasteiger charge is 2.37. The van der Waals surface area contributed by atoms with E-state index in [-0.39, 0.29) is 6.61 Å². The Balaban J connectivity index is 1.63. The fourth-order valence-corrected chi connectivity index (χ4v) is 3.54. The number of aromatic nitrogens is 1. The zero-order chi connectivity index (χ0) is 20.2. The maximum Gasteiger partial charge on any atom is 0.273 e. The number of aliphatic hydroxyl groups is 1. The minimum Gasteiger partial charge on any atom is -0.450 e. The number of ether oxygens (including phenoxy) is 1. The van der Waals surface area contributed by atoms with Crippen molar-refractivity contribution in [3.63, 3.8) is 0 Å². The van der Waals surface area contributed by atoms with Gasteiger partial charge in [-0.3, -0.25) is 4.98 Å². The molecule has 2 aliphatic heterocycles. The quantitative estimate of drug-likeness (QED) is 0.753. The number of para-hydroxylation sites is 1. The van der Waals surface area contributed by atoms with Gasteiger partial charge in [0.15, 0.2) is 5.84 Å². The number of halogens is 1. The first kappa shape index (κ1) is 19.5. The summed E-state index contributed by atoms with van der Waals surface area (Å²) in [5.74, 6) is 1.65. The van der Waals surface area contributed by atoms with Crippen LogP contribution in [-0.2, 0) is 6.54 Å². The van der Waals surface area contributed by atoms with Crippen molar-refractivity contribution >= 4 is 17.4 Å². The molecule has 8 heteroatoms. The van der Waals surface area contributed by atoms with Gasteiger partial charge < -0.3 is 24.5 Å². The van der Waals surface area contributed by atoms with Crippen LogP contribution in [0.1, 0.15) is 12.1 Å². The van der Waals surface area contributed by atoms with Crippen molar-refractivity contribution in [2.75, 3.05) is 26.9 Å². The molecule has 3 heterocycles. The van der Waals surface area contributed by atoms with Gasteiger partial charge in [0, 0.05) is 32.6 Å². The van der Waals surface area contributed by atoms with Gasteiger partial charge in [-0.1, -0.05) is 29.8 Å². The lowest BCUT2D eigenvalue weighted by atomic mass is 10.2. The molecular formula is C21H24ClN5O2. The van der Waals surface area contributed by atoms with E-state index in [1.807, 2.05) is 49.5 Å². The van der Waals surface area contributed by atoms with E-state index in [9.17, 15) is 5.11 Å². The molecule has 1 atom stereocenters. The Morgan fingerprint density at radius 3 is 2.76 bits per heavy atom. The highest BCUT2D eigenvalue weighted by atomic mass is 35.5. The van der Waals surface area contributed by atoms with Gasteiger partial charge >= 0.3 is 0 Å². The Bertz CT molecular complexity index is 888. The van der Waals surface area contributed by atoms with Crippen molar-refractivity contribution in [2.45, 2.75) is 19.3 Å². The van der Waals surface area contributed by atoms with Crippen LogP contribution in [0.2, 0.25) is 5.02 Å². The van der Waals surface area contributed by atoms with Crippen LogP contribution in [0.4, 0.5) is 0 Å². The van der Waals surface area contributed by atoms with Gasteiger partial charge in [0.1, 0.15) is 11.4 Å². The smallest absolute Gasteiger partial charge is 0.273 e. The van der Waals surface area contributed by atoms with Gasteiger partial charge in [-0.2, -0.15) is 0 Å². The second-order valence-corrected chi connectivity index (χ2v) is 7.49. The molecule has 1 N–H and O–H groups in total. The topological polar surface area (TPSA) is 64.4 Å². The lowest BCUT2D eigenvalue weighted by molar-refractivity contribution is 0.0663. The fourth-order valence-electron chi connectivity index (χ4n) is 3.42. The fraction of sp³-hybridized carbons (Fsp3) is 0.333. The van der Waals surface area contributed by atoms with Crippen LogP contribution in [0.5, 0.6) is 5.75 Å². The summed E-state index contributed by atoms with van der Waals surface area (Å²) in [4.78, 5) is 15.7. The molecule has 0 aliphatic carbocycles. The Morgan fingerprint density at radius 1 is 1.21 bits per heavy atom. The number of aliphatic imine (C=N–C) groups is 1. The molecule has 1 aromatic heterocycles. The van der Waals surface area contributed by atoms with E-state index in [2.05, 4.69) is 25.9 Å². The second-order valence-electron chi connectivity index (χ2n) is 7.05. The number of amidine groups is 1. The molecular weight excluding hydrogens is 390 g/mol. The molecule has 0 bridgehead atoms. The van der Waals surface area contributed by atoms with Crippen molar-refractivity contribution in [3.05, 3.63) is 71.3 Å². The van der Waals surface area contributed by atoms with Crippen molar-refractivity contribution in [2.24, 2.45) is 4.99 Å². The van der Waals surface area contributed by atoms with Crippen LogP contribution in [0.3, 0.4) is 0 Å². The minimum atomic E-state index is -0.489. The Hall–Kier alpha value is -2.77. The summed E-state index contributed by atoms with van der Waals surface area (Å²) in [6, 6.07) is 13.4. The first-order chi connectivity index (χ1) is 14.1. The SMILES string of the molecule is CN1CN(CCCO)C=C2C1=NC(Oc1ccccc1)N2Cc1ccc(Cl)cn1. The number of nitrogens with zero attached hydrogens (tertiary/aromatic N) is 5. The van der Waals surface area contributed by atoms with Crippen LogP contribution in [0.15, 0.2) is 65.6 Å². The number of hydrogen-bond donors (Lipinski definition) is 1. The van der Waals surface area contributed by atoms with Gasteiger partial charge in [0.05, 0.1) is 23.9 Å². The number of fused-ring (bicyclic) bond motifs is 1. The summed E-state index contributed by atoms with van der Waals surface area (Å²) in [6.07, 6.45) is 3.97. The molecule has 1 unspecified atom stereocenters. The van der Waals surface area contributed by atoms with Crippen LogP contribution in [-0.4, -0.2) is 63.8 Å². The van der Waals surface area contributed by atoms with E-state index in [0.29, 0.717) is 24.7 Å². The Labute approximate surface area is 175 Å². The first-order valence-electron chi connectivity index (χ1n) is 9.59. The van der Waals surface area contributed by atoms with E-state index in [4.69, 9.17) is 21.3 Å². The Morgan fingerprint density at radius 2 is 2.03 bits per heavy atom. The van der Waals surface area contributed by atoms with E-state index >= 15 is 0 Å². The van der Waals surface area contributed by atoms with Crippen molar-refractivity contribution < 1.29 is 9.84 Å². The third-order valence-electron chi connectivity index (χ3n) is 4.81. The number of rotatable bonds is 7. The average Bonchev–Trinajstić information content (AvgIpc) is 3.06. The third-order valence-corrected chi connectivity index (χ3v) is 5.03. The summed E-state index contributed by atoms with van der Waals surface area (Å²) in [5.41, 5.74) is 1.86. The van der Waals surface area contributed by atoms with Gasteiger partial charge in [-0.15, -0.1) is 0 Å². The first-order valence-corrected chi connectivity index (χ1v) is 9.96. The Kier molecular flexibility index (Phi) is 5.87. The average molecular weight is 414 g/mol. The molecule has 0 radical (unpaired) electrons. The van der Waals surface area contributed by atoms with Crippen LogP contribution >= 0.6 is 11.6 Å². The predicted molar refractivity (Wildman–Crippen MR) is 112 cm³/mol. The lowest BCUT2D eigenvalue weighted by Gasteiger charge is -2.36. The van der Waals surface area contributed by atoms with Crippen molar-refractivity contribution in [1.82, 2.24) is 19.7 Å². The van der Waals surface area contributed by atoms with Crippen LogP contribution in [0.25, 0.3) is 0 Å². The van der Waals surface area contributed by atoms with Gasteiger partial charge in [-0.25, -0.2) is 4.99 Å². The van der Waals surface area contributed by atoms with Gasteiger partial charge in [0.25, 0.3) is 6.35 Å². The van der Waals surface area contributed by atoms with E-state index < -0.39 is 6.35 Å². The molecule has 0 spiro atoms. The number of likely N-dealkylation sites (N-methyl/N-ethyl adjacent to an activating group) is 1. The maximum absolute atomic E-state index is 9.19. The molecule has 4 rings (SSSR count). The molecule has 2 aromatic rings. The van der Waals surface area contributed by atoms with Gasteiger partial charge in [0.2, 0.25) is 0 Å². The monoisotopic (exact) mass is 413 g/mol. The number of benzene rings is 1. The van der Waals surface area contributed by atoms with Gasteiger partial charge in [-0.05, 0) is 30.7 Å². The summed E-state index contributed by atoms with van der Waals surface area (Å²) in [6.45, 7) is 2.19. The van der Waals surface area contributed by atoms with E-state index in [1.165, 1.54) is 0 Å². The number of aliphatic hydroxyl groups excluding tert-OH is 1. The highest BCUT2D eigenvalue weighted by Crippen LogP contribution is 2.30. The van der Waals surface area contributed by atoms with Crippen LogP contribution < -0.4 is 4.74 Å². The normalized spacial score (nSPS) is 18.4. The second kappa shape index (κ2) is 8.71. The summed E-state index contributed by atoms with van der Waals surface area (Å²) < 4.78 is 6.20. The molecule has 2 aliphatic rings.